The third-order valence-corrected chi connectivity index (χ3v) is 4.19. The van der Waals surface area contributed by atoms with Crippen molar-refractivity contribution in [2.75, 3.05) is 0 Å². The van der Waals surface area contributed by atoms with Crippen LogP contribution in [0.25, 0.3) is 5.69 Å². The van der Waals surface area contributed by atoms with Crippen molar-refractivity contribution in [2.24, 2.45) is 5.41 Å². The number of hydrogen-bond donors (Lipinski definition) is 0. The van der Waals surface area contributed by atoms with Crippen molar-refractivity contribution in [1.82, 2.24) is 9.78 Å². The second-order valence-corrected chi connectivity index (χ2v) is 6.47. The van der Waals surface area contributed by atoms with Crippen molar-refractivity contribution in [3.8, 4) is 5.69 Å². The highest BCUT2D eigenvalue weighted by Crippen LogP contribution is 2.28. The first-order valence-corrected chi connectivity index (χ1v) is 7.14. The van der Waals surface area contributed by atoms with Gasteiger partial charge in [0.2, 0.25) is 0 Å². The van der Waals surface area contributed by atoms with E-state index in [0.29, 0.717) is 0 Å². The zero-order chi connectivity index (χ0) is 13.9. The predicted octanol–water partition coefficient (Wildman–Crippen LogP) is 4.46. The SMILES string of the molecule is CC(C)(C)C(Cl)CCc1ccnn1-c1ccccc1. The molecule has 2 rings (SSSR count). The van der Waals surface area contributed by atoms with Crippen molar-refractivity contribution in [2.45, 2.75) is 39.0 Å². The van der Waals surface area contributed by atoms with Gasteiger partial charge in [-0.1, -0.05) is 39.0 Å². The minimum absolute atomic E-state index is 0.138. The lowest BCUT2D eigenvalue weighted by Crippen LogP contribution is -2.21. The molecular weight excluding hydrogens is 256 g/mol. The molecule has 3 heteroatoms. The molecule has 0 fully saturated rings. The van der Waals surface area contributed by atoms with Crippen LogP contribution in [0.1, 0.15) is 32.9 Å². The maximum Gasteiger partial charge on any atom is 0.0648 e. The first-order valence-electron chi connectivity index (χ1n) is 6.71. The van der Waals surface area contributed by atoms with Crippen molar-refractivity contribution < 1.29 is 0 Å². The van der Waals surface area contributed by atoms with Crippen LogP contribution in [-0.2, 0) is 6.42 Å². The van der Waals surface area contributed by atoms with Crippen LogP contribution in [0, 0.1) is 5.41 Å². The molecule has 1 atom stereocenters. The lowest BCUT2D eigenvalue weighted by atomic mass is 9.89. The van der Waals surface area contributed by atoms with E-state index in [1.807, 2.05) is 29.1 Å². The van der Waals surface area contributed by atoms with E-state index in [1.165, 1.54) is 5.69 Å². The summed E-state index contributed by atoms with van der Waals surface area (Å²) in [5.74, 6) is 0. The standard InChI is InChI=1S/C16H21ClN2/c1-16(2,3)15(17)10-9-14-11-12-18-19(14)13-7-5-4-6-8-13/h4-8,11-12,15H,9-10H2,1-3H3. The van der Waals surface area contributed by atoms with Gasteiger partial charge >= 0.3 is 0 Å². The van der Waals surface area contributed by atoms with Gasteiger partial charge in [0, 0.05) is 17.3 Å². The molecule has 0 saturated heterocycles. The molecule has 2 aromatic rings. The second kappa shape index (κ2) is 5.79. The van der Waals surface area contributed by atoms with E-state index >= 15 is 0 Å². The number of aromatic nitrogens is 2. The lowest BCUT2D eigenvalue weighted by molar-refractivity contribution is 0.373. The fourth-order valence-electron chi connectivity index (χ4n) is 2.03. The number of alkyl halides is 1. The molecule has 0 aliphatic heterocycles. The third kappa shape index (κ3) is 3.60. The van der Waals surface area contributed by atoms with Gasteiger partial charge in [-0.2, -0.15) is 5.10 Å². The molecule has 1 unspecified atom stereocenters. The number of rotatable bonds is 4. The second-order valence-electron chi connectivity index (χ2n) is 5.94. The molecule has 102 valence electrons. The Morgan fingerprint density at radius 2 is 1.84 bits per heavy atom. The van der Waals surface area contributed by atoms with Crippen molar-refractivity contribution >= 4 is 11.6 Å². The average molecular weight is 277 g/mol. The lowest BCUT2D eigenvalue weighted by Gasteiger charge is -2.25. The van der Waals surface area contributed by atoms with Crippen LogP contribution in [0.2, 0.25) is 0 Å². The molecule has 2 nitrogen and oxygen atoms in total. The summed E-state index contributed by atoms with van der Waals surface area (Å²) in [5.41, 5.74) is 2.45. The maximum atomic E-state index is 6.44. The third-order valence-electron chi connectivity index (χ3n) is 3.32. The predicted molar refractivity (Wildman–Crippen MR) is 81.0 cm³/mol. The molecule has 0 spiro atoms. The zero-order valence-electron chi connectivity index (χ0n) is 11.8. The topological polar surface area (TPSA) is 17.8 Å². The summed E-state index contributed by atoms with van der Waals surface area (Å²) in [6.07, 6.45) is 3.76. The van der Waals surface area contributed by atoms with Gasteiger partial charge in [0.05, 0.1) is 5.69 Å². The van der Waals surface area contributed by atoms with E-state index in [9.17, 15) is 0 Å². The van der Waals surface area contributed by atoms with E-state index in [1.54, 1.807) is 0 Å². The maximum absolute atomic E-state index is 6.44. The van der Waals surface area contributed by atoms with Gasteiger partial charge < -0.3 is 0 Å². The number of aryl methyl sites for hydroxylation is 1. The summed E-state index contributed by atoms with van der Waals surface area (Å²) in [4.78, 5) is 0. The van der Waals surface area contributed by atoms with Gasteiger partial charge in [-0.25, -0.2) is 4.68 Å². The van der Waals surface area contributed by atoms with Crippen LogP contribution >= 0.6 is 11.6 Å². The fourth-order valence-corrected chi connectivity index (χ4v) is 2.14. The van der Waals surface area contributed by atoms with Gasteiger partial charge in [-0.15, -0.1) is 11.6 Å². The van der Waals surface area contributed by atoms with E-state index < -0.39 is 0 Å². The van der Waals surface area contributed by atoms with Crippen LogP contribution in [-0.4, -0.2) is 15.2 Å². The Morgan fingerprint density at radius 3 is 2.47 bits per heavy atom. The average Bonchev–Trinajstić information content (AvgIpc) is 2.84. The Bertz CT molecular complexity index is 511. The molecule has 0 aliphatic rings. The minimum atomic E-state index is 0.138. The molecule has 0 aliphatic carbocycles. The highest BCUT2D eigenvalue weighted by atomic mass is 35.5. The molecule has 0 N–H and O–H groups in total. The molecule has 0 radical (unpaired) electrons. The van der Waals surface area contributed by atoms with Crippen LogP contribution in [0.4, 0.5) is 0 Å². The smallest absolute Gasteiger partial charge is 0.0648 e. The van der Waals surface area contributed by atoms with E-state index in [4.69, 9.17) is 11.6 Å². The molecule has 1 aromatic carbocycles. The van der Waals surface area contributed by atoms with E-state index in [2.05, 4.69) is 44.1 Å². The molecule has 1 aromatic heterocycles. The summed E-state index contributed by atoms with van der Waals surface area (Å²) < 4.78 is 1.99. The summed E-state index contributed by atoms with van der Waals surface area (Å²) in [6, 6.07) is 12.3. The Hall–Kier alpha value is -1.28. The van der Waals surface area contributed by atoms with Gasteiger partial charge in [0.15, 0.2) is 0 Å². The number of benzene rings is 1. The van der Waals surface area contributed by atoms with Crippen molar-refractivity contribution in [3.63, 3.8) is 0 Å². The highest BCUT2D eigenvalue weighted by molar-refractivity contribution is 6.21. The zero-order valence-corrected chi connectivity index (χ0v) is 12.6. The van der Waals surface area contributed by atoms with E-state index in [0.717, 1.165) is 18.5 Å². The Labute approximate surface area is 120 Å². The largest absolute Gasteiger partial charge is 0.238 e. The summed E-state index contributed by atoms with van der Waals surface area (Å²) in [5, 5.41) is 4.57. The molecule has 19 heavy (non-hydrogen) atoms. The van der Waals surface area contributed by atoms with Crippen LogP contribution in [0.15, 0.2) is 42.6 Å². The fraction of sp³-hybridized carbons (Fsp3) is 0.438. The molecule has 0 amide bonds. The first-order chi connectivity index (χ1) is 8.98. The van der Waals surface area contributed by atoms with E-state index in [-0.39, 0.29) is 10.8 Å². The van der Waals surface area contributed by atoms with Crippen molar-refractivity contribution in [1.29, 1.82) is 0 Å². The molecular formula is C16H21ClN2. The number of hydrogen-bond acceptors (Lipinski definition) is 1. The number of nitrogens with zero attached hydrogens (tertiary/aromatic N) is 2. The van der Waals surface area contributed by atoms with Gasteiger partial charge in [0.1, 0.15) is 0 Å². The quantitative estimate of drug-likeness (QED) is 0.754. The molecule has 0 saturated carbocycles. The molecule has 1 heterocycles. The van der Waals surface area contributed by atoms with Crippen LogP contribution in [0.3, 0.4) is 0 Å². The Kier molecular flexibility index (Phi) is 4.31. The van der Waals surface area contributed by atoms with Gasteiger partial charge in [-0.3, -0.25) is 0 Å². The Balaban J connectivity index is 2.09. The number of para-hydroxylation sites is 1. The number of halogens is 1. The first kappa shape index (κ1) is 14.1. The molecule has 0 bridgehead atoms. The minimum Gasteiger partial charge on any atom is -0.238 e. The Morgan fingerprint density at radius 1 is 1.16 bits per heavy atom. The van der Waals surface area contributed by atoms with Crippen molar-refractivity contribution in [3.05, 3.63) is 48.3 Å². The monoisotopic (exact) mass is 276 g/mol. The summed E-state index contributed by atoms with van der Waals surface area (Å²) in [7, 11) is 0. The van der Waals surface area contributed by atoms with Crippen LogP contribution in [0.5, 0.6) is 0 Å². The summed E-state index contributed by atoms with van der Waals surface area (Å²) >= 11 is 6.44. The normalized spacial score (nSPS) is 13.5. The summed E-state index contributed by atoms with van der Waals surface area (Å²) in [6.45, 7) is 6.54. The van der Waals surface area contributed by atoms with Crippen LogP contribution < -0.4 is 0 Å². The van der Waals surface area contributed by atoms with Gasteiger partial charge in [0.25, 0.3) is 0 Å². The highest BCUT2D eigenvalue weighted by Gasteiger charge is 2.22. The van der Waals surface area contributed by atoms with Gasteiger partial charge in [-0.05, 0) is 36.5 Å².